The number of allylic oxidation sites excluding steroid dienone is 3. The Morgan fingerprint density at radius 3 is 2.03 bits per heavy atom. The van der Waals surface area contributed by atoms with Crippen LogP contribution in [0.15, 0.2) is 66.3 Å². The molecule has 6 bridgehead atoms. The molecule has 2 aromatic carbocycles. The van der Waals surface area contributed by atoms with Crippen LogP contribution in [0.3, 0.4) is 0 Å². The molecule has 5 saturated carbocycles. The smallest absolute Gasteiger partial charge is 0.136 e. The largest absolute Gasteiger partial charge is 0.508 e. The van der Waals surface area contributed by atoms with E-state index in [1.165, 1.54) is 55.2 Å². The van der Waals surface area contributed by atoms with Gasteiger partial charge in [-0.2, -0.15) is 0 Å². The fourth-order valence-electron chi connectivity index (χ4n) is 9.05. The van der Waals surface area contributed by atoms with Gasteiger partial charge in [0.05, 0.1) is 6.61 Å². The molecule has 1 N–H and O–H groups in total. The molecule has 5 fully saturated rings. The molecule has 0 aliphatic heterocycles. The van der Waals surface area contributed by atoms with Crippen LogP contribution in [0.4, 0.5) is 0 Å². The Labute approximate surface area is 233 Å². The Kier molecular flexibility index (Phi) is 6.87. The lowest BCUT2D eigenvalue weighted by Gasteiger charge is -2.52. The average Bonchev–Trinajstić information content (AvgIpc) is 3.58. The number of benzene rings is 2. The lowest BCUT2D eigenvalue weighted by molar-refractivity contribution is -0.123. The van der Waals surface area contributed by atoms with Crippen molar-refractivity contribution < 1.29 is 14.6 Å². The first kappa shape index (κ1) is 25.2. The average molecular weight is 523 g/mol. The Hall–Kier alpha value is -2.81. The molecule has 3 heteroatoms. The third-order valence-corrected chi connectivity index (χ3v) is 10.6. The fourth-order valence-corrected chi connectivity index (χ4v) is 9.05. The number of hydrogen-bond donors (Lipinski definition) is 1. The second kappa shape index (κ2) is 10.6. The Bertz CT molecular complexity index is 1220. The van der Waals surface area contributed by atoms with Gasteiger partial charge in [-0.15, -0.1) is 0 Å². The third kappa shape index (κ3) is 5.10. The summed E-state index contributed by atoms with van der Waals surface area (Å²) < 4.78 is 6.11. The van der Waals surface area contributed by atoms with Gasteiger partial charge in [-0.05, 0) is 141 Å². The van der Waals surface area contributed by atoms with E-state index in [1.54, 1.807) is 5.57 Å². The van der Waals surface area contributed by atoms with Crippen LogP contribution in [0.1, 0.15) is 81.8 Å². The molecule has 0 saturated heterocycles. The number of rotatable bonds is 10. The number of carbonyl (C=O) groups is 1. The van der Waals surface area contributed by atoms with Crippen LogP contribution in [-0.2, 0) is 4.79 Å². The molecule has 0 spiro atoms. The molecular weight excluding hydrogens is 480 g/mol. The normalized spacial score (nSPS) is 31.7. The zero-order valence-corrected chi connectivity index (χ0v) is 23.1. The summed E-state index contributed by atoms with van der Waals surface area (Å²) in [6, 6.07) is 16.5. The fraction of sp³-hybridized carbons (Fsp3) is 0.528. The highest BCUT2D eigenvalue weighted by Gasteiger charge is 2.46. The summed E-state index contributed by atoms with van der Waals surface area (Å²) in [5.74, 6) is 6.53. The first-order valence-electron chi connectivity index (χ1n) is 15.6. The second-order valence-corrected chi connectivity index (χ2v) is 13.2. The van der Waals surface area contributed by atoms with Crippen LogP contribution in [0.5, 0.6) is 11.5 Å². The Morgan fingerprint density at radius 2 is 1.41 bits per heavy atom. The maximum absolute atomic E-state index is 12.6. The maximum atomic E-state index is 12.6. The molecule has 0 radical (unpaired) electrons. The molecule has 6 aliphatic carbocycles. The number of Topliss-reactive ketones (excluding diaryl/α,β-unsaturated/α-hetero) is 1. The molecule has 0 amide bonds. The Balaban J connectivity index is 0.974. The van der Waals surface area contributed by atoms with Crippen molar-refractivity contribution in [3.63, 3.8) is 0 Å². The van der Waals surface area contributed by atoms with Gasteiger partial charge < -0.3 is 9.84 Å². The summed E-state index contributed by atoms with van der Waals surface area (Å²) >= 11 is 0. The van der Waals surface area contributed by atoms with E-state index in [4.69, 9.17) is 4.74 Å². The standard InChI is InChI=1S/C36H42O3/c37-31-11-7-26(8-12-31)35(36-29-18-24-16-25(20-29)21-30(36)19-24)27-9-13-32(14-10-27)39-15-3-1-2-4-34(38)33-22-23-5-6-28(33)17-23/h5-14,23-25,28-30,33,37H,1-4,15-22H2. The zero-order valence-electron chi connectivity index (χ0n) is 23.1. The van der Waals surface area contributed by atoms with Crippen molar-refractivity contribution in [3.05, 3.63) is 77.4 Å². The summed E-state index contributed by atoms with van der Waals surface area (Å²) in [7, 11) is 0. The number of unbranched alkanes of at least 4 members (excludes halogenated alkanes) is 2. The first-order chi connectivity index (χ1) is 19.1. The van der Waals surface area contributed by atoms with E-state index in [9.17, 15) is 9.90 Å². The number of fused-ring (bicyclic) bond motifs is 2. The van der Waals surface area contributed by atoms with Crippen molar-refractivity contribution in [3.8, 4) is 11.5 Å². The third-order valence-electron chi connectivity index (χ3n) is 10.6. The molecule has 204 valence electrons. The molecule has 3 nitrogen and oxygen atoms in total. The number of ether oxygens (including phenoxy) is 1. The van der Waals surface area contributed by atoms with E-state index in [0.717, 1.165) is 49.7 Å². The molecule has 8 rings (SSSR count). The molecule has 0 aromatic heterocycles. The monoisotopic (exact) mass is 522 g/mol. The number of hydrogen-bond acceptors (Lipinski definition) is 3. The molecule has 6 aliphatic rings. The van der Waals surface area contributed by atoms with E-state index in [0.29, 0.717) is 47.7 Å². The van der Waals surface area contributed by atoms with E-state index in [1.807, 2.05) is 12.1 Å². The number of phenolic OH excluding ortho intramolecular Hbond substituents is 1. The lowest BCUT2D eigenvalue weighted by atomic mass is 9.53. The number of ketones is 1. The quantitative estimate of drug-likeness (QED) is 0.252. The summed E-state index contributed by atoms with van der Waals surface area (Å²) in [4.78, 5) is 12.6. The van der Waals surface area contributed by atoms with Crippen LogP contribution in [0.25, 0.3) is 5.57 Å². The van der Waals surface area contributed by atoms with E-state index >= 15 is 0 Å². The van der Waals surface area contributed by atoms with Crippen LogP contribution in [0, 0.1) is 41.4 Å². The van der Waals surface area contributed by atoms with E-state index < -0.39 is 0 Å². The van der Waals surface area contributed by atoms with E-state index in [2.05, 4.69) is 48.6 Å². The lowest BCUT2D eigenvalue weighted by Crippen LogP contribution is -2.40. The molecule has 3 atom stereocenters. The van der Waals surface area contributed by atoms with Crippen molar-refractivity contribution in [2.75, 3.05) is 6.61 Å². The minimum absolute atomic E-state index is 0.301. The first-order valence-corrected chi connectivity index (χ1v) is 15.6. The van der Waals surface area contributed by atoms with Gasteiger partial charge in [-0.25, -0.2) is 0 Å². The molecular formula is C36H42O3. The van der Waals surface area contributed by atoms with Gasteiger partial charge in [0.1, 0.15) is 17.3 Å². The van der Waals surface area contributed by atoms with Crippen LogP contribution in [-0.4, -0.2) is 17.5 Å². The second-order valence-electron chi connectivity index (χ2n) is 13.2. The summed E-state index contributed by atoms with van der Waals surface area (Å²) in [6.45, 7) is 0.698. The number of aromatic hydroxyl groups is 1. The van der Waals surface area contributed by atoms with Gasteiger partial charge in [0.25, 0.3) is 0 Å². The van der Waals surface area contributed by atoms with Crippen molar-refractivity contribution in [2.45, 2.75) is 70.6 Å². The van der Waals surface area contributed by atoms with Crippen LogP contribution < -0.4 is 4.74 Å². The van der Waals surface area contributed by atoms with Crippen LogP contribution >= 0.6 is 0 Å². The van der Waals surface area contributed by atoms with Crippen molar-refractivity contribution >= 4 is 11.4 Å². The predicted molar refractivity (Wildman–Crippen MR) is 155 cm³/mol. The minimum atomic E-state index is 0.301. The SMILES string of the molecule is O=C(CCCCCOc1ccc(C(=C2C3CC4CC(C3)CC2C4)c2ccc(O)cc2)cc1)C1CC2C=CC1C2. The predicted octanol–water partition coefficient (Wildman–Crippen LogP) is 8.37. The Morgan fingerprint density at radius 1 is 0.744 bits per heavy atom. The minimum Gasteiger partial charge on any atom is -0.508 e. The topological polar surface area (TPSA) is 46.5 Å². The van der Waals surface area contributed by atoms with Gasteiger partial charge in [0.15, 0.2) is 0 Å². The molecule has 0 heterocycles. The maximum Gasteiger partial charge on any atom is 0.136 e. The highest BCUT2D eigenvalue weighted by atomic mass is 16.5. The molecule has 39 heavy (non-hydrogen) atoms. The number of phenols is 1. The highest BCUT2D eigenvalue weighted by molar-refractivity contribution is 5.83. The van der Waals surface area contributed by atoms with Gasteiger partial charge >= 0.3 is 0 Å². The molecule has 3 unspecified atom stereocenters. The van der Waals surface area contributed by atoms with Crippen molar-refractivity contribution in [1.29, 1.82) is 0 Å². The van der Waals surface area contributed by atoms with Crippen LogP contribution in [0.2, 0.25) is 0 Å². The van der Waals surface area contributed by atoms with Gasteiger partial charge in [0.2, 0.25) is 0 Å². The highest BCUT2D eigenvalue weighted by Crippen LogP contribution is 2.58. The van der Waals surface area contributed by atoms with Gasteiger partial charge in [0, 0.05) is 12.3 Å². The van der Waals surface area contributed by atoms with Gasteiger partial charge in [-0.1, -0.05) is 42.0 Å². The number of carbonyl (C=O) groups excluding carboxylic acids is 1. The van der Waals surface area contributed by atoms with Gasteiger partial charge in [-0.3, -0.25) is 4.79 Å². The summed E-state index contributed by atoms with van der Waals surface area (Å²) in [5.41, 5.74) is 5.56. The summed E-state index contributed by atoms with van der Waals surface area (Å²) in [5, 5.41) is 9.94. The van der Waals surface area contributed by atoms with Crippen molar-refractivity contribution in [2.24, 2.45) is 41.4 Å². The van der Waals surface area contributed by atoms with E-state index in [-0.39, 0.29) is 0 Å². The summed E-state index contributed by atoms with van der Waals surface area (Å²) in [6.07, 6.45) is 17.5. The van der Waals surface area contributed by atoms with Crippen molar-refractivity contribution in [1.82, 2.24) is 0 Å². The molecule has 2 aromatic rings. The zero-order chi connectivity index (χ0) is 26.3.